The predicted molar refractivity (Wildman–Crippen MR) is 141 cm³/mol. The molecule has 11 heteroatoms. The minimum atomic E-state index is -2.74. The van der Waals surface area contributed by atoms with Gasteiger partial charge in [-0.3, -0.25) is 4.57 Å². The molecular formula is C24H46N2O7Si2. The van der Waals surface area contributed by atoms with Gasteiger partial charge in [-0.2, -0.15) is 4.98 Å². The molecule has 1 aromatic heterocycles. The van der Waals surface area contributed by atoms with Gasteiger partial charge in [-0.1, -0.05) is 55.4 Å². The summed E-state index contributed by atoms with van der Waals surface area (Å²) in [6.07, 6.45) is -1.77. The van der Waals surface area contributed by atoms with Crippen molar-refractivity contribution in [1.82, 2.24) is 9.55 Å². The van der Waals surface area contributed by atoms with Crippen molar-refractivity contribution in [2.45, 2.75) is 109 Å². The summed E-state index contributed by atoms with van der Waals surface area (Å²) >= 11 is 0. The van der Waals surface area contributed by atoms with E-state index in [1.54, 1.807) is 19.4 Å². The number of nitrogens with zero attached hydrogens (tertiary/aromatic N) is 2. The van der Waals surface area contributed by atoms with Crippen LogP contribution in [-0.2, 0) is 18.0 Å². The van der Waals surface area contributed by atoms with Gasteiger partial charge >= 0.3 is 14.3 Å². The third-order valence-corrected chi connectivity index (χ3v) is 14.4. The van der Waals surface area contributed by atoms with Gasteiger partial charge in [0.1, 0.15) is 18.3 Å². The number of aliphatic hydroxyl groups excluding tert-OH is 1. The Balaban J connectivity index is 2.41. The summed E-state index contributed by atoms with van der Waals surface area (Å²) in [5, 5.41) is 11.4. The maximum atomic E-state index is 12.8. The zero-order chi connectivity index (χ0) is 26.5. The summed E-state index contributed by atoms with van der Waals surface area (Å²) in [6, 6.07) is 1.59. The molecule has 0 radical (unpaired) electrons. The standard InChI is InChI=1S/C24H46N2O7Si2/c1-11-30-20-12-13-26(24(28)25-20)23-21(27)22(33-35(29-10,17(6)7)18(8)9)19(32-23)14-31-34(15(2)3)16(4)5/h12-13,15-19,21-23,27,34H,11,14H2,1-10H3/t19-,21?,22?,23-/m1/s1. The molecule has 0 amide bonds. The van der Waals surface area contributed by atoms with E-state index in [1.165, 1.54) is 4.57 Å². The van der Waals surface area contributed by atoms with Crippen molar-refractivity contribution in [3.8, 4) is 5.88 Å². The van der Waals surface area contributed by atoms with E-state index in [2.05, 4.69) is 60.4 Å². The van der Waals surface area contributed by atoms with E-state index >= 15 is 0 Å². The number of aliphatic hydroxyl groups is 1. The highest BCUT2D eigenvalue weighted by atomic mass is 28.4. The van der Waals surface area contributed by atoms with Gasteiger partial charge < -0.3 is 27.9 Å². The quantitative estimate of drug-likeness (QED) is 0.385. The highest BCUT2D eigenvalue weighted by Crippen LogP contribution is 2.40. The maximum absolute atomic E-state index is 12.8. The molecule has 0 aliphatic carbocycles. The van der Waals surface area contributed by atoms with Gasteiger partial charge in [0.05, 0.1) is 13.2 Å². The van der Waals surface area contributed by atoms with Crippen LogP contribution in [0.5, 0.6) is 5.88 Å². The Labute approximate surface area is 213 Å². The predicted octanol–water partition coefficient (Wildman–Crippen LogP) is 3.75. The zero-order valence-corrected chi connectivity index (χ0v) is 25.2. The summed E-state index contributed by atoms with van der Waals surface area (Å²) in [6.45, 7) is 19.6. The summed E-state index contributed by atoms with van der Waals surface area (Å²) in [4.78, 5) is 16.7. The van der Waals surface area contributed by atoms with Gasteiger partial charge in [-0.25, -0.2) is 4.79 Å². The minimum absolute atomic E-state index is 0.142. The van der Waals surface area contributed by atoms with Crippen molar-refractivity contribution >= 4 is 17.6 Å². The van der Waals surface area contributed by atoms with Gasteiger partial charge in [-0.05, 0) is 29.1 Å². The molecule has 2 heterocycles. The number of aromatic nitrogens is 2. The number of ether oxygens (including phenoxy) is 2. The van der Waals surface area contributed by atoms with Gasteiger partial charge in [-0.15, -0.1) is 0 Å². The fourth-order valence-corrected chi connectivity index (χ4v) is 11.4. The first-order valence-corrected chi connectivity index (χ1v) is 16.6. The van der Waals surface area contributed by atoms with E-state index in [1.807, 2.05) is 6.92 Å². The molecule has 1 aliphatic rings. The normalized spacial score (nSPS) is 23.4. The van der Waals surface area contributed by atoms with Gasteiger partial charge in [0.25, 0.3) is 0 Å². The first-order valence-electron chi connectivity index (χ1n) is 12.8. The van der Waals surface area contributed by atoms with Crippen molar-refractivity contribution in [2.75, 3.05) is 20.3 Å². The fraction of sp³-hybridized carbons (Fsp3) is 0.833. The average molecular weight is 531 g/mol. The van der Waals surface area contributed by atoms with Crippen molar-refractivity contribution in [3.05, 3.63) is 22.7 Å². The Kier molecular flexibility index (Phi) is 11.1. The molecule has 0 aromatic carbocycles. The van der Waals surface area contributed by atoms with Crippen molar-refractivity contribution in [1.29, 1.82) is 0 Å². The summed E-state index contributed by atoms with van der Waals surface area (Å²) < 4.78 is 32.1. The molecule has 1 aromatic rings. The van der Waals surface area contributed by atoms with E-state index in [4.69, 9.17) is 22.8 Å². The first-order chi connectivity index (χ1) is 16.4. The SMILES string of the molecule is CCOc1ccn([C@@H]2O[C@H](CO[SiH](C(C)C)C(C)C)C(O[Si](OC)(C(C)C)C(C)C)C2O)c(=O)n1. The van der Waals surface area contributed by atoms with E-state index < -0.39 is 47.8 Å². The molecule has 2 unspecified atom stereocenters. The summed E-state index contributed by atoms with van der Waals surface area (Å²) in [5.41, 5.74) is 0.633. The first kappa shape index (κ1) is 30.1. The topological polar surface area (TPSA) is 101 Å². The fourth-order valence-electron chi connectivity index (χ4n) is 5.08. The second-order valence-electron chi connectivity index (χ2n) is 10.5. The van der Waals surface area contributed by atoms with Crippen LogP contribution in [-0.4, -0.2) is 70.9 Å². The second-order valence-corrected chi connectivity index (χ2v) is 18.9. The summed E-state index contributed by atoms with van der Waals surface area (Å²) in [5.74, 6) is 0.238. The van der Waals surface area contributed by atoms with E-state index in [0.717, 1.165) is 0 Å². The van der Waals surface area contributed by atoms with Crippen LogP contribution in [0.1, 0.15) is 68.5 Å². The van der Waals surface area contributed by atoms with Crippen LogP contribution in [0.3, 0.4) is 0 Å². The lowest BCUT2D eigenvalue weighted by Gasteiger charge is -2.40. The number of rotatable bonds is 13. The molecule has 1 saturated heterocycles. The Morgan fingerprint density at radius 3 is 2.20 bits per heavy atom. The van der Waals surface area contributed by atoms with Crippen LogP contribution in [0.15, 0.2) is 17.1 Å². The number of hydrogen-bond acceptors (Lipinski definition) is 8. The molecule has 0 bridgehead atoms. The monoisotopic (exact) mass is 530 g/mol. The molecule has 9 nitrogen and oxygen atoms in total. The molecule has 2 rings (SSSR count). The van der Waals surface area contributed by atoms with E-state index in [9.17, 15) is 9.90 Å². The lowest BCUT2D eigenvalue weighted by Crippen LogP contribution is -2.54. The van der Waals surface area contributed by atoms with Crippen LogP contribution in [0, 0.1) is 0 Å². The zero-order valence-electron chi connectivity index (χ0n) is 23.1. The third-order valence-electron chi connectivity index (χ3n) is 6.70. The number of hydrogen-bond donors (Lipinski definition) is 1. The average Bonchev–Trinajstić information content (AvgIpc) is 3.06. The highest BCUT2D eigenvalue weighted by Gasteiger charge is 2.53. The highest BCUT2D eigenvalue weighted by molar-refractivity contribution is 6.70. The largest absolute Gasteiger partial charge is 0.478 e. The third kappa shape index (κ3) is 6.82. The molecule has 1 fully saturated rings. The molecule has 0 spiro atoms. The minimum Gasteiger partial charge on any atom is -0.478 e. The Hall–Kier alpha value is -1.09. The molecule has 202 valence electrons. The molecule has 0 saturated carbocycles. The van der Waals surface area contributed by atoms with Crippen LogP contribution in [0.4, 0.5) is 0 Å². The maximum Gasteiger partial charge on any atom is 0.353 e. The molecular weight excluding hydrogens is 484 g/mol. The molecule has 1 aliphatic heterocycles. The van der Waals surface area contributed by atoms with Crippen LogP contribution < -0.4 is 10.4 Å². The van der Waals surface area contributed by atoms with Crippen LogP contribution >= 0.6 is 0 Å². The molecule has 4 atom stereocenters. The lowest BCUT2D eigenvalue weighted by molar-refractivity contribution is -0.0527. The van der Waals surface area contributed by atoms with Crippen molar-refractivity contribution in [3.63, 3.8) is 0 Å². The second kappa shape index (κ2) is 12.9. The smallest absolute Gasteiger partial charge is 0.353 e. The summed E-state index contributed by atoms with van der Waals surface area (Å²) in [7, 11) is -2.60. The van der Waals surface area contributed by atoms with E-state index in [0.29, 0.717) is 17.7 Å². The Morgan fingerprint density at radius 1 is 1.14 bits per heavy atom. The van der Waals surface area contributed by atoms with Gasteiger partial charge in [0.15, 0.2) is 15.3 Å². The van der Waals surface area contributed by atoms with Crippen molar-refractivity contribution in [2.24, 2.45) is 0 Å². The van der Waals surface area contributed by atoms with Gasteiger partial charge in [0.2, 0.25) is 5.88 Å². The van der Waals surface area contributed by atoms with Crippen LogP contribution in [0.25, 0.3) is 0 Å². The molecule has 1 N–H and O–H groups in total. The Bertz CT molecular complexity index is 833. The lowest BCUT2D eigenvalue weighted by atomic mass is 10.1. The van der Waals surface area contributed by atoms with Crippen LogP contribution in [0.2, 0.25) is 22.2 Å². The van der Waals surface area contributed by atoms with Crippen molar-refractivity contribution < 1.29 is 27.9 Å². The van der Waals surface area contributed by atoms with E-state index in [-0.39, 0.29) is 23.6 Å². The Morgan fingerprint density at radius 2 is 1.74 bits per heavy atom. The van der Waals surface area contributed by atoms with Gasteiger partial charge in [0, 0.05) is 19.4 Å². The molecule has 35 heavy (non-hydrogen) atoms.